The quantitative estimate of drug-likeness (QED) is 0.628. The molecule has 58 valence electrons. The monoisotopic (exact) mass is 159 g/mol. The lowest BCUT2D eigenvalue weighted by Gasteiger charge is -2.01. The van der Waals surface area contributed by atoms with Crippen molar-refractivity contribution in [2.45, 2.75) is 13.8 Å². The highest BCUT2D eigenvalue weighted by atomic mass is 32.2. The third-order valence-electron chi connectivity index (χ3n) is 0.881. The number of hydrogen-bond donors (Lipinski definition) is 1. The van der Waals surface area contributed by atoms with Crippen molar-refractivity contribution < 1.29 is 4.79 Å². The van der Waals surface area contributed by atoms with E-state index in [0.29, 0.717) is 0 Å². The second-order valence-corrected chi connectivity index (χ2v) is 3.11. The maximum atomic E-state index is 10.6. The van der Waals surface area contributed by atoms with Gasteiger partial charge in [0, 0.05) is 13.1 Å². The van der Waals surface area contributed by atoms with E-state index in [0.717, 1.165) is 10.8 Å². The Balaban J connectivity index is 3.91. The molecule has 0 amide bonds. The van der Waals surface area contributed by atoms with Gasteiger partial charge in [-0.1, -0.05) is 6.92 Å². The molecule has 0 aliphatic rings. The molecule has 0 fully saturated rings. The van der Waals surface area contributed by atoms with E-state index in [9.17, 15) is 4.79 Å². The second-order valence-electron chi connectivity index (χ2n) is 1.80. The zero-order valence-electron chi connectivity index (χ0n) is 6.60. The molecule has 0 unspecified atom stereocenters. The summed E-state index contributed by atoms with van der Waals surface area (Å²) in [5.41, 5.74) is 0. The van der Waals surface area contributed by atoms with Crippen molar-refractivity contribution in [1.82, 2.24) is 5.32 Å². The summed E-state index contributed by atoms with van der Waals surface area (Å²) in [5.74, 6) is 1.07. The van der Waals surface area contributed by atoms with Crippen molar-refractivity contribution in [3.05, 3.63) is 11.1 Å². The average molecular weight is 159 g/mol. The van der Waals surface area contributed by atoms with Crippen LogP contribution in [0.25, 0.3) is 0 Å². The molecule has 0 aromatic heterocycles. The SMILES string of the molecule is CCS/C(=C/C(C)=O)NC. The molecule has 0 heterocycles. The highest BCUT2D eigenvalue weighted by Gasteiger charge is 1.93. The van der Waals surface area contributed by atoms with Crippen LogP contribution >= 0.6 is 11.8 Å². The Labute approximate surface area is 66.1 Å². The zero-order valence-corrected chi connectivity index (χ0v) is 7.42. The Morgan fingerprint density at radius 3 is 2.60 bits per heavy atom. The molecule has 0 radical (unpaired) electrons. The summed E-state index contributed by atoms with van der Waals surface area (Å²) < 4.78 is 0. The maximum Gasteiger partial charge on any atom is 0.155 e. The fourth-order valence-corrected chi connectivity index (χ4v) is 1.23. The van der Waals surface area contributed by atoms with Gasteiger partial charge in [-0.15, -0.1) is 11.8 Å². The number of nitrogens with one attached hydrogen (secondary N) is 1. The Morgan fingerprint density at radius 1 is 1.70 bits per heavy atom. The van der Waals surface area contributed by atoms with Crippen LogP contribution in [-0.2, 0) is 4.79 Å². The normalized spacial score (nSPS) is 11.3. The van der Waals surface area contributed by atoms with Crippen molar-refractivity contribution in [3.63, 3.8) is 0 Å². The lowest BCUT2D eigenvalue weighted by molar-refractivity contribution is -0.112. The van der Waals surface area contributed by atoms with Crippen LogP contribution in [0.1, 0.15) is 13.8 Å². The zero-order chi connectivity index (χ0) is 7.98. The minimum Gasteiger partial charge on any atom is -0.383 e. The van der Waals surface area contributed by atoms with E-state index >= 15 is 0 Å². The van der Waals surface area contributed by atoms with Gasteiger partial charge in [-0.05, 0) is 12.7 Å². The van der Waals surface area contributed by atoms with Crippen LogP contribution in [0, 0.1) is 0 Å². The molecule has 1 N–H and O–H groups in total. The van der Waals surface area contributed by atoms with E-state index in [1.807, 2.05) is 7.05 Å². The maximum absolute atomic E-state index is 10.6. The van der Waals surface area contributed by atoms with Crippen LogP contribution in [0.15, 0.2) is 11.1 Å². The van der Waals surface area contributed by atoms with E-state index in [4.69, 9.17) is 0 Å². The van der Waals surface area contributed by atoms with Crippen LogP contribution in [-0.4, -0.2) is 18.6 Å². The third kappa shape index (κ3) is 4.44. The molecule has 0 rings (SSSR count). The molecule has 0 saturated carbocycles. The summed E-state index contributed by atoms with van der Waals surface area (Å²) in [4.78, 5) is 10.6. The summed E-state index contributed by atoms with van der Waals surface area (Å²) in [6.07, 6.45) is 1.61. The molecule has 0 atom stereocenters. The number of hydrogen-bond acceptors (Lipinski definition) is 3. The first-order valence-electron chi connectivity index (χ1n) is 3.23. The van der Waals surface area contributed by atoms with E-state index < -0.39 is 0 Å². The van der Waals surface area contributed by atoms with Gasteiger partial charge in [0.25, 0.3) is 0 Å². The van der Waals surface area contributed by atoms with Gasteiger partial charge in [0.2, 0.25) is 0 Å². The number of carbonyl (C=O) groups excluding carboxylic acids is 1. The molecule has 0 aromatic rings. The predicted molar refractivity (Wildman–Crippen MR) is 46.0 cm³/mol. The van der Waals surface area contributed by atoms with Gasteiger partial charge < -0.3 is 5.32 Å². The van der Waals surface area contributed by atoms with E-state index in [1.165, 1.54) is 0 Å². The van der Waals surface area contributed by atoms with Crippen LogP contribution in [0.4, 0.5) is 0 Å². The topological polar surface area (TPSA) is 29.1 Å². The number of ketones is 1. The van der Waals surface area contributed by atoms with E-state index in [1.54, 1.807) is 24.8 Å². The van der Waals surface area contributed by atoms with Crippen molar-refractivity contribution >= 4 is 17.5 Å². The van der Waals surface area contributed by atoms with Gasteiger partial charge in [0.05, 0.1) is 5.03 Å². The summed E-state index contributed by atoms with van der Waals surface area (Å²) in [5, 5.41) is 3.88. The van der Waals surface area contributed by atoms with Gasteiger partial charge >= 0.3 is 0 Å². The van der Waals surface area contributed by atoms with Crippen molar-refractivity contribution in [2.75, 3.05) is 12.8 Å². The van der Waals surface area contributed by atoms with E-state index in [-0.39, 0.29) is 5.78 Å². The molecular weight excluding hydrogens is 146 g/mol. The summed E-state index contributed by atoms with van der Waals surface area (Å²) in [7, 11) is 1.82. The van der Waals surface area contributed by atoms with Crippen LogP contribution in [0.3, 0.4) is 0 Å². The van der Waals surface area contributed by atoms with Crippen molar-refractivity contribution in [1.29, 1.82) is 0 Å². The molecular formula is C7H13NOS. The highest BCUT2D eigenvalue weighted by molar-refractivity contribution is 8.03. The van der Waals surface area contributed by atoms with Gasteiger partial charge in [0.15, 0.2) is 5.78 Å². The second kappa shape index (κ2) is 5.35. The predicted octanol–water partition coefficient (Wildman–Crippen LogP) is 1.39. The first-order chi connectivity index (χ1) is 4.70. The summed E-state index contributed by atoms with van der Waals surface area (Å²) in [6.45, 7) is 3.60. The van der Waals surface area contributed by atoms with Crippen LogP contribution in [0.5, 0.6) is 0 Å². The number of thioether (sulfide) groups is 1. The molecule has 2 nitrogen and oxygen atoms in total. The standard InChI is InChI=1S/C7H13NOS/c1-4-10-7(8-3)5-6(2)9/h5,8H,4H2,1-3H3/b7-5+. The van der Waals surface area contributed by atoms with Crippen LogP contribution in [0.2, 0.25) is 0 Å². The van der Waals surface area contributed by atoms with Gasteiger partial charge in [0.1, 0.15) is 0 Å². The number of carbonyl (C=O) groups is 1. The number of rotatable bonds is 4. The Kier molecular flexibility index (Phi) is 5.12. The average Bonchev–Trinajstić information content (AvgIpc) is 1.86. The Morgan fingerprint density at radius 2 is 2.30 bits per heavy atom. The minimum absolute atomic E-state index is 0.0882. The molecule has 0 aliphatic carbocycles. The molecule has 0 saturated heterocycles. The lowest BCUT2D eigenvalue weighted by atomic mass is 10.4. The van der Waals surface area contributed by atoms with Gasteiger partial charge in [-0.2, -0.15) is 0 Å². The van der Waals surface area contributed by atoms with Crippen molar-refractivity contribution in [2.24, 2.45) is 0 Å². The Bertz CT molecular complexity index is 143. The first kappa shape index (κ1) is 9.56. The summed E-state index contributed by atoms with van der Waals surface area (Å²) >= 11 is 1.63. The number of allylic oxidation sites excluding steroid dienone is 1. The molecule has 0 spiro atoms. The smallest absolute Gasteiger partial charge is 0.155 e. The molecule has 10 heavy (non-hydrogen) atoms. The third-order valence-corrected chi connectivity index (χ3v) is 1.80. The minimum atomic E-state index is 0.0882. The molecule has 3 heteroatoms. The fraction of sp³-hybridized carbons (Fsp3) is 0.571. The lowest BCUT2D eigenvalue weighted by Crippen LogP contribution is -2.04. The van der Waals surface area contributed by atoms with Crippen molar-refractivity contribution in [3.8, 4) is 0 Å². The Hall–Kier alpha value is -0.440. The molecule has 0 bridgehead atoms. The molecule has 0 aliphatic heterocycles. The largest absolute Gasteiger partial charge is 0.383 e. The van der Waals surface area contributed by atoms with Gasteiger partial charge in [-0.25, -0.2) is 0 Å². The summed E-state index contributed by atoms with van der Waals surface area (Å²) in [6, 6.07) is 0. The highest BCUT2D eigenvalue weighted by Crippen LogP contribution is 2.09. The first-order valence-corrected chi connectivity index (χ1v) is 4.22. The molecule has 0 aromatic carbocycles. The van der Waals surface area contributed by atoms with Crippen LogP contribution < -0.4 is 5.32 Å². The van der Waals surface area contributed by atoms with E-state index in [2.05, 4.69) is 12.2 Å². The fourth-order valence-electron chi connectivity index (χ4n) is 0.526. The van der Waals surface area contributed by atoms with Gasteiger partial charge in [-0.3, -0.25) is 4.79 Å².